The molecule has 3 fully saturated rings. The number of fused-ring (bicyclic) bond motifs is 1. The molecule has 3 heteroatoms. The van der Waals surface area contributed by atoms with Gasteiger partial charge in [-0.15, -0.1) is 0 Å². The lowest BCUT2D eigenvalue weighted by molar-refractivity contribution is -0.123. The molecule has 3 rings (SSSR count). The first kappa shape index (κ1) is 13.4. The van der Waals surface area contributed by atoms with Gasteiger partial charge < -0.3 is 10.6 Å². The van der Waals surface area contributed by atoms with Crippen LogP contribution in [0, 0.1) is 11.8 Å². The summed E-state index contributed by atoms with van der Waals surface area (Å²) in [5.41, 5.74) is 0. The molecule has 3 nitrogen and oxygen atoms in total. The normalized spacial score (nSPS) is 37.0. The third-order valence-electron chi connectivity index (χ3n) is 5.66. The monoisotopic (exact) mass is 264 g/mol. The molecule has 2 aliphatic carbocycles. The molecule has 0 aromatic rings. The van der Waals surface area contributed by atoms with Crippen molar-refractivity contribution in [3.63, 3.8) is 0 Å². The summed E-state index contributed by atoms with van der Waals surface area (Å²) in [5.74, 6) is 1.73. The van der Waals surface area contributed by atoms with E-state index < -0.39 is 0 Å². The van der Waals surface area contributed by atoms with Crippen LogP contribution >= 0.6 is 0 Å². The van der Waals surface area contributed by atoms with E-state index in [-0.39, 0.29) is 11.9 Å². The highest BCUT2D eigenvalue weighted by Crippen LogP contribution is 2.33. The van der Waals surface area contributed by atoms with Crippen molar-refractivity contribution < 1.29 is 4.79 Å². The number of carbonyl (C=O) groups is 1. The molecular weight excluding hydrogens is 236 g/mol. The summed E-state index contributed by atoms with van der Waals surface area (Å²) in [6, 6.07) is 1.06. The van der Waals surface area contributed by atoms with Crippen molar-refractivity contribution in [3.05, 3.63) is 0 Å². The minimum absolute atomic E-state index is 0.0805. The Morgan fingerprint density at radius 3 is 2.53 bits per heavy atom. The molecule has 108 valence electrons. The number of hydrogen-bond donors (Lipinski definition) is 2. The minimum Gasteiger partial charge on any atom is -0.352 e. The van der Waals surface area contributed by atoms with Gasteiger partial charge in [0.1, 0.15) is 0 Å². The van der Waals surface area contributed by atoms with E-state index in [4.69, 9.17) is 0 Å². The summed E-state index contributed by atoms with van der Waals surface area (Å²) in [6.07, 6.45) is 11.6. The fraction of sp³-hybridized carbons (Fsp3) is 0.938. The number of carbonyl (C=O) groups excluding carboxylic acids is 1. The second-order valence-electron chi connectivity index (χ2n) is 6.95. The lowest BCUT2D eigenvalue weighted by Gasteiger charge is -2.24. The van der Waals surface area contributed by atoms with Gasteiger partial charge >= 0.3 is 0 Å². The molecule has 0 bridgehead atoms. The lowest BCUT2D eigenvalue weighted by atomic mass is 9.85. The first-order valence-corrected chi connectivity index (χ1v) is 8.30. The third kappa shape index (κ3) is 2.96. The molecule has 0 radical (unpaired) electrons. The van der Waals surface area contributed by atoms with Crippen LogP contribution in [0.3, 0.4) is 0 Å². The first-order chi connectivity index (χ1) is 9.24. The molecule has 4 atom stereocenters. The number of hydrogen-bond acceptors (Lipinski definition) is 2. The van der Waals surface area contributed by atoms with E-state index in [1.165, 1.54) is 51.4 Å². The van der Waals surface area contributed by atoms with Gasteiger partial charge in [-0.25, -0.2) is 0 Å². The quantitative estimate of drug-likeness (QED) is 0.822. The molecule has 1 amide bonds. The van der Waals surface area contributed by atoms with Crippen LogP contribution in [-0.4, -0.2) is 24.0 Å². The highest BCUT2D eigenvalue weighted by molar-refractivity contribution is 5.82. The van der Waals surface area contributed by atoms with Crippen molar-refractivity contribution in [1.82, 2.24) is 10.6 Å². The van der Waals surface area contributed by atoms with Gasteiger partial charge in [0.2, 0.25) is 5.91 Å². The van der Waals surface area contributed by atoms with Crippen molar-refractivity contribution in [2.45, 2.75) is 82.8 Å². The predicted octanol–water partition coefficient (Wildman–Crippen LogP) is 2.60. The highest BCUT2D eigenvalue weighted by Gasteiger charge is 2.38. The van der Waals surface area contributed by atoms with Crippen LogP contribution < -0.4 is 10.6 Å². The van der Waals surface area contributed by atoms with Gasteiger partial charge in [-0.05, 0) is 50.9 Å². The number of amides is 1. The third-order valence-corrected chi connectivity index (χ3v) is 5.66. The van der Waals surface area contributed by atoms with E-state index in [9.17, 15) is 4.79 Å². The highest BCUT2D eigenvalue weighted by atomic mass is 16.2. The fourth-order valence-electron chi connectivity index (χ4n) is 4.42. The van der Waals surface area contributed by atoms with Crippen LogP contribution in [0.1, 0.15) is 64.7 Å². The maximum Gasteiger partial charge on any atom is 0.237 e. The molecule has 1 saturated heterocycles. The Bertz CT molecular complexity index is 311. The summed E-state index contributed by atoms with van der Waals surface area (Å²) in [5, 5.41) is 6.85. The van der Waals surface area contributed by atoms with Crippen LogP contribution in [0.15, 0.2) is 0 Å². The largest absolute Gasteiger partial charge is 0.352 e. The molecule has 19 heavy (non-hydrogen) atoms. The van der Waals surface area contributed by atoms with Crippen molar-refractivity contribution >= 4 is 5.91 Å². The number of rotatable bonds is 3. The maximum absolute atomic E-state index is 12.4. The lowest BCUT2D eigenvalue weighted by Crippen LogP contribution is -2.47. The maximum atomic E-state index is 12.4. The van der Waals surface area contributed by atoms with Gasteiger partial charge in [0.05, 0.1) is 6.04 Å². The van der Waals surface area contributed by atoms with E-state index in [0.29, 0.717) is 18.0 Å². The van der Waals surface area contributed by atoms with E-state index in [2.05, 4.69) is 17.6 Å². The predicted molar refractivity (Wildman–Crippen MR) is 76.8 cm³/mol. The first-order valence-electron chi connectivity index (χ1n) is 8.30. The minimum atomic E-state index is 0.0805. The molecule has 1 aliphatic heterocycles. The average Bonchev–Trinajstić information content (AvgIpc) is 3.07. The summed E-state index contributed by atoms with van der Waals surface area (Å²) >= 11 is 0. The molecule has 1 heterocycles. The molecule has 3 aliphatic rings. The Kier molecular flexibility index (Phi) is 4.11. The Morgan fingerprint density at radius 2 is 1.79 bits per heavy atom. The molecule has 2 saturated carbocycles. The standard InChI is InChI=1S/C16H28N2O/c1-11(12-6-2-3-7-12)17-16(19)15-10-13-8-4-5-9-14(13)18-15/h11-15,18H,2-10H2,1H3,(H,17,19). The van der Waals surface area contributed by atoms with Crippen molar-refractivity contribution in [3.8, 4) is 0 Å². The molecule has 4 unspecified atom stereocenters. The average molecular weight is 264 g/mol. The Morgan fingerprint density at radius 1 is 1.11 bits per heavy atom. The van der Waals surface area contributed by atoms with Gasteiger partial charge in [-0.2, -0.15) is 0 Å². The zero-order valence-electron chi connectivity index (χ0n) is 12.2. The second-order valence-corrected chi connectivity index (χ2v) is 6.95. The molecule has 0 aromatic carbocycles. The van der Waals surface area contributed by atoms with Crippen molar-refractivity contribution in [1.29, 1.82) is 0 Å². The molecular formula is C16H28N2O. The number of nitrogens with one attached hydrogen (secondary N) is 2. The fourth-order valence-corrected chi connectivity index (χ4v) is 4.42. The molecule has 0 aromatic heterocycles. The van der Waals surface area contributed by atoms with Crippen LogP contribution in [0.2, 0.25) is 0 Å². The van der Waals surface area contributed by atoms with Gasteiger partial charge in [-0.3, -0.25) is 4.79 Å². The van der Waals surface area contributed by atoms with Crippen molar-refractivity contribution in [2.75, 3.05) is 0 Å². The molecule has 2 N–H and O–H groups in total. The van der Waals surface area contributed by atoms with Gasteiger partial charge in [0, 0.05) is 12.1 Å². The van der Waals surface area contributed by atoms with Crippen molar-refractivity contribution in [2.24, 2.45) is 11.8 Å². The summed E-state index contributed by atoms with van der Waals surface area (Å²) in [7, 11) is 0. The Hall–Kier alpha value is -0.570. The summed E-state index contributed by atoms with van der Waals surface area (Å²) in [6.45, 7) is 2.19. The topological polar surface area (TPSA) is 41.1 Å². The molecule has 0 spiro atoms. The smallest absolute Gasteiger partial charge is 0.237 e. The Balaban J connectivity index is 1.50. The summed E-state index contributed by atoms with van der Waals surface area (Å²) in [4.78, 5) is 12.4. The SMILES string of the molecule is CC(NC(=O)C1CC2CCCCC2N1)C1CCCC1. The zero-order chi connectivity index (χ0) is 13.2. The second kappa shape index (κ2) is 5.82. The Labute approximate surface area is 116 Å². The zero-order valence-corrected chi connectivity index (χ0v) is 12.2. The van der Waals surface area contributed by atoms with E-state index in [1.54, 1.807) is 0 Å². The van der Waals surface area contributed by atoms with Crippen LogP contribution in [0.4, 0.5) is 0 Å². The van der Waals surface area contributed by atoms with E-state index in [0.717, 1.165) is 12.3 Å². The van der Waals surface area contributed by atoms with Crippen LogP contribution in [0.25, 0.3) is 0 Å². The van der Waals surface area contributed by atoms with E-state index in [1.807, 2.05) is 0 Å². The van der Waals surface area contributed by atoms with Crippen LogP contribution in [0.5, 0.6) is 0 Å². The van der Waals surface area contributed by atoms with Gasteiger partial charge in [0.25, 0.3) is 0 Å². The van der Waals surface area contributed by atoms with E-state index >= 15 is 0 Å². The van der Waals surface area contributed by atoms with Gasteiger partial charge in [0.15, 0.2) is 0 Å². The van der Waals surface area contributed by atoms with Crippen LogP contribution in [-0.2, 0) is 4.79 Å². The summed E-state index contributed by atoms with van der Waals surface area (Å²) < 4.78 is 0. The van der Waals surface area contributed by atoms with Gasteiger partial charge in [-0.1, -0.05) is 25.7 Å².